The van der Waals surface area contributed by atoms with E-state index in [0.29, 0.717) is 18.6 Å². The molecule has 0 heterocycles. The van der Waals surface area contributed by atoms with Gasteiger partial charge in [-0.05, 0) is 29.9 Å². The third kappa shape index (κ3) is 5.70. The summed E-state index contributed by atoms with van der Waals surface area (Å²) in [4.78, 5) is 0. The zero-order chi connectivity index (χ0) is 16.9. The lowest BCUT2D eigenvalue weighted by Crippen LogP contribution is -2.38. The predicted molar refractivity (Wildman–Crippen MR) is 91.0 cm³/mol. The summed E-state index contributed by atoms with van der Waals surface area (Å²) in [7, 11) is 1.74. The van der Waals surface area contributed by atoms with Gasteiger partial charge in [0.1, 0.15) is 17.6 Å². The zero-order valence-electron chi connectivity index (χ0n) is 14.7. The van der Waals surface area contributed by atoms with E-state index < -0.39 is 0 Å². The van der Waals surface area contributed by atoms with Gasteiger partial charge in [0.25, 0.3) is 0 Å². The van der Waals surface area contributed by atoms with Crippen LogP contribution in [0.1, 0.15) is 40.0 Å². The van der Waals surface area contributed by atoms with Crippen molar-refractivity contribution in [1.82, 2.24) is 0 Å². The molecule has 0 radical (unpaired) electrons. The highest BCUT2D eigenvalue weighted by Crippen LogP contribution is 2.30. The number of rotatable bonds is 9. The first-order valence-electron chi connectivity index (χ1n) is 8.45. The van der Waals surface area contributed by atoms with E-state index in [2.05, 4.69) is 20.8 Å². The molecule has 23 heavy (non-hydrogen) atoms. The van der Waals surface area contributed by atoms with Crippen molar-refractivity contribution < 1.29 is 19.3 Å². The fourth-order valence-electron chi connectivity index (χ4n) is 2.94. The monoisotopic (exact) mass is 322 g/mol. The second-order valence-electron chi connectivity index (χ2n) is 7.49. The van der Waals surface area contributed by atoms with Crippen LogP contribution in [0.4, 0.5) is 0 Å². The molecule has 0 bridgehead atoms. The number of hydrogen-bond donors (Lipinski definition) is 1. The van der Waals surface area contributed by atoms with Crippen molar-refractivity contribution in [1.29, 1.82) is 0 Å². The second kappa shape index (κ2) is 8.02. The van der Waals surface area contributed by atoms with Gasteiger partial charge < -0.3 is 19.3 Å². The maximum absolute atomic E-state index is 9.35. The summed E-state index contributed by atoms with van der Waals surface area (Å²) in [6.45, 7) is 7.14. The lowest BCUT2D eigenvalue weighted by atomic mass is 9.84. The SMILES string of the molecule is COC1CC(Oc2cccc(OCC(C)CC(C)(C)CO)c2)C1. The molecule has 1 aromatic carbocycles. The maximum Gasteiger partial charge on any atom is 0.123 e. The highest BCUT2D eigenvalue weighted by Gasteiger charge is 2.30. The zero-order valence-corrected chi connectivity index (χ0v) is 14.7. The molecule has 0 spiro atoms. The molecule has 1 saturated carbocycles. The molecule has 1 aromatic rings. The largest absolute Gasteiger partial charge is 0.493 e. The van der Waals surface area contributed by atoms with Crippen molar-refractivity contribution in [3.05, 3.63) is 24.3 Å². The highest BCUT2D eigenvalue weighted by atomic mass is 16.5. The summed E-state index contributed by atoms with van der Waals surface area (Å²) in [5.74, 6) is 2.07. The summed E-state index contributed by atoms with van der Waals surface area (Å²) in [5.41, 5.74) is -0.0597. The lowest BCUT2D eigenvalue weighted by molar-refractivity contribution is -0.0381. The van der Waals surface area contributed by atoms with Crippen molar-refractivity contribution in [3.63, 3.8) is 0 Å². The van der Waals surface area contributed by atoms with Gasteiger partial charge in [-0.3, -0.25) is 0 Å². The van der Waals surface area contributed by atoms with Crippen LogP contribution in [0.3, 0.4) is 0 Å². The van der Waals surface area contributed by atoms with Gasteiger partial charge in [-0.1, -0.05) is 26.8 Å². The van der Waals surface area contributed by atoms with Crippen LogP contribution in [0, 0.1) is 11.3 Å². The Bertz CT molecular complexity index is 480. The molecular weight excluding hydrogens is 292 g/mol. The van der Waals surface area contributed by atoms with E-state index in [0.717, 1.165) is 30.8 Å². The minimum atomic E-state index is -0.0597. The minimum absolute atomic E-state index is 0.0597. The van der Waals surface area contributed by atoms with Crippen molar-refractivity contribution in [3.8, 4) is 11.5 Å². The Morgan fingerprint density at radius 1 is 1.22 bits per heavy atom. The third-order valence-corrected chi connectivity index (χ3v) is 4.36. The number of ether oxygens (including phenoxy) is 3. The molecule has 4 nitrogen and oxygen atoms in total. The molecule has 1 unspecified atom stereocenters. The molecular formula is C19H30O4. The molecule has 1 atom stereocenters. The van der Waals surface area contributed by atoms with E-state index >= 15 is 0 Å². The molecule has 130 valence electrons. The smallest absolute Gasteiger partial charge is 0.123 e. The first-order chi connectivity index (χ1) is 10.9. The Balaban J connectivity index is 1.78. The quantitative estimate of drug-likeness (QED) is 0.753. The number of hydrogen-bond acceptors (Lipinski definition) is 4. The van der Waals surface area contributed by atoms with Gasteiger partial charge in [0.2, 0.25) is 0 Å². The summed E-state index contributed by atoms with van der Waals surface area (Å²) in [6, 6.07) is 7.82. The van der Waals surface area contributed by atoms with Crippen molar-refractivity contribution in [2.45, 2.75) is 52.2 Å². The normalized spacial score (nSPS) is 22.3. The molecule has 0 amide bonds. The molecule has 0 aliphatic heterocycles. The van der Waals surface area contributed by atoms with E-state index in [-0.39, 0.29) is 18.1 Å². The van der Waals surface area contributed by atoms with E-state index in [1.54, 1.807) is 7.11 Å². The lowest BCUT2D eigenvalue weighted by Gasteiger charge is -2.34. The molecule has 0 saturated heterocycles. The molecule has 1 N–H and O–H groups in total. The Morgan fingerprint density at radius 2 is 1.91 bits per heavy atom. The van der Waals surface area contributed by atoms with Crippen molar-refractivity contribution in [2.24, 2.45) is 11.3 Å². The van der Waals surface area contributed by atoms with E-state index in [9.17, 15) is 5.11 Å². The Kier molecular flexibility index (Phi) is 6.31. The Labute approximate surface area is 139 Å². The number of aliphatic hydroxyl groups is 1. The first-order valence-corrected chi connectivity index (χ1v) is 8.45. The van der Waals surface area contributed by atoms with Gasteiger partial charge in [-0.15, -0.1) is 0 Å². The molecule has 0 aromatic heterocycles. The van der Waals surface area contributed by atoms with Gasteiger partial charge in [-0.25, -0.2) is 0 Å². The van der Waals surface area contributed by atoms with Gasteiger partial charge in [0.05, 0.1) is 12.7 Å². The van der Waals surface area contributed by atoms with Gasteiger partial charge >= 0.3 is 0 Å². The predicted octanol–water partition coefficient (Wildman–Crippen LogP) is 3.67. The maximum atomic E-state index is 9.35. The molecule has 1 fully saturated rings. The molecule has 4 heteroatoms. The topological polar surface area (TPSA) is 47.9 Å². The highest BCUT2D eigenvalue weighted by molar-refractivity contribution is 5.33. The van der Waals surface area contributed by atoms with Crippen LogP contribution in [-0.4, -0.2) is 37.6 Å². The molecule has 1 aliphatic rings. The Morgan fingerprint density at radius 3 is 2.57 bits per heavy atom. The fourth-order valence-corrected chi connectivity index (χ4v) is 2.94. The van der Waals surface area contributed by atoms with E-state index in [4.69, 9.17) is 14.2 Å². The van der Waals surface area contributed by atoms with Crippen LogP contribution >= 0.6 is 0 Å². The van der Waals surface area contributed by atoms with E-state index in [1.807, 2.05) is 24.3 Å². The summed E-state index contributed by atoms with van der Waals surface area (Å²) >= 11 is 0. The van der Waals surface area contributed by atoms with Crippen LogP contribution in [0.5, 0.6) is 11.5 Å². The average molecular weight is 322 g/mol. The van der Waals surface area contributed by atoms with E-state index in [1.165, 1.54) is 0 Å². The van der Waals surface area contributed by atoms with Gasteiger partial charge in [0.15, 0.2) is 0 Å². The summed E-state index contributed by atoms with van der Waals surface area (Å²) in [6.07, 6.45) is 3.43. The van der Waals surface area contributed by atoms with Crippen LogP contribution < -0.4 is 9.47 Å². The van der Waals surface area contributed by atoms with Crippen LogP contribution in [-0.2, 0) is 4.74 Å². The average Bonchev–Trinajstić information content (AvgIpc) is 2.48. The standard InChI is InChI=1S/C19H30O4/c1-14(11-19(2,3)13-20)12-22-15-6-5-7-16(8-15)23-18-9-17(10-18)21-4/h5-8,14,17-18,20H,9-13H2,1-4H3. The first kappa shape index (κ1) is 18.1. The number of methoxy groups -OCH3 is 1. The van der Waals surface area contributed by atoms with Crippen LogP contribution in [0.2, 0.25) is 0 Å². The van der Waals surface area contributed by atoms with Crippen molar-refractivity contribution in [2.75, 3.05) is 20.3 Å². The van der Waals surface area contributed by atoms with Crippen LogP contribution in [0.25, 0.3) is 0 Å². The summed E-state index contributed by atoms with van der Waals surface area (Å²) in [5, 5.41) is 9.35. The third-order valence-electron chi connectivity index (χ3n) is 4.36. The number of benzene rings is 1. The van der Waals surface area contributed by atoms with Gasteiger partial charge in [-0.2, -0.15) is 0 Å². The van der Waals surface area contributed by atoms with Gasteiger partial charge in [0, 0.05) is 32.6 Å². The Hall–Kier alpha value is -1.26. The van der Waals surface area contributed by atoms with Crippen molar-refractivity contribution >= 4 is 0 Å². The fraction of sp³-hybridized carbons (Fsp3) is 0.684. The second-order valence-corrected chi connectivity index (χ2v) is 7.49. The molecule has 1 aliphatic carbocycles. The van der Waals surface area contributed by atoms with Crippen LogP contribution in [0.15, 0.2) is 24.3 Å². The summed E-state index contributed by atoms with van der Waals surface area (Å²) < 4.78 is 17.1. The number of aliphatic hydroxyl groups excluding tert-OH is 1. The minimum Gasteiger partial charge on any atom is -0.493 e. The molecule has 2 rings (SSSR count).